The molecule has 3 N–H and O–H groups in total. The summed E-state index contributed by atoms with van der Waals surface area (Å²) < 4.78 is 10.6. The van der Waals surface area contributed by atoms with E-state index >= 15 is 0 Å². The SMILES string of the molecule is C#CCC(C)(/C=C\CCC(=O)NC(C)(C)C(=O)OC)OCC(=C)C#Cc1ccccc1N. The Labute approximate surface area is 191 Å². The fourth-order valence-corrected chi connectivity index (χ4v) is 2.68. The Morgan fingerprint density at radius 1 is 1.28 bits per heavy atom. The monoisotopic (exact) mass is 436 g/mol. The third-order valence-corrected chi connectivity index (χ3v) is 4.52. The van der Waals surface area contributed by atoms with Crippen molar-refractivity contribution in [2.45, 2.75) is 51.2 Å². The molecule has 1 unspecified atom stereocenters. The smallest absolute Gasteiger partial charge is 0.330 e. The van der Waals surface area contributed by atoms with Gasteiger partial charge in [-0.25, -0.2) is 4.79 Å². The van der Waals surface area contributed by atoms with E-state index in [9.17, 15) is 9.59 Å². The van der Waals surface area contributed by atoms with Crippen LogP contribution in [0.15, 0.2) is 48.6 Å². The van der Waals surface area contributed by atoms with E-state index in [0.29, 0.717) is 24.1 Å². The van der Waals surface area contributed by atoms with Gasteiger partial charge in [0.05, 0.1) is 19.3 Å². The number of terminal acetylenes is 1. The number of nitrogens with one attached hydrogen (secondary N) is 1. The summed E-state index contributed by atoms with van der Waals surface area (Å²) in [5, 5.41) is 2.65. The fourth-order valence-electron chi connectivity index (χ4n) is 2.68. The molecule has 0 radical (unpaired) electrons. The molecule has 0 spiro atoms. The van der Waals surface area contributed by atoms with E-state index < -0.39 is 17.1 Å². The summed E-state index contributed by atoms with van der Waals surface area (Å²) in [5.41, 5.74) is 6.00. The Morgan fingerprint density at radius 2 is 1.97 bits per heavy atom. The molecule has 6 heteroatoms. The lowest BCUT2D eigenvalue weighted by molar-refractivity contribution is -0.149. The minimum atomic E-state index is -1.08. The van der Waals surface area contributed by atoms with Crippen LogP contribution in [0.4, 0.5) is 5.69 Å². The van der Waals surface area contributed by atoms with Gasteiger partial charge in [-0.2, -0.15) is 0 Å². The van der Waals surface area contributed by atoms with Gasteiger partial charge in [0.25, 0.3) is 0 Å². The van der Waals surface area contributed by atoms with E-state index in [4.69, 9.17) is 16.9 Å². The highest BCUT2D eigenvalue weighted by Gasteiger charge is 2.30. The van der Waals surface area contributed by atoms with Gasteiger partial charge in [-0.15, -0.1) is 12.3 Å². The topological polar surface area (TPSA) is 90.7 Å². The molecule has 32 heavy (non-hydrogen) atoms. The molecule has 1 aromatic rings. The van der Waals surface area contributed by atoms with Crippen LogP contribution >= 0.6 is 0 Å². The van der Waals surface area contributed by atoms with Gasteiger partial charge >= 0.3 is 5.97 Å². The Kier molecular flexibility index (Phi) is 10.3. The summed E-state index contributed by atoms with van der Waals surface area (Å²) in [6, 6.07) is 7.34. The molecule has 0 saturated heterocycles. The third-order valence-electron chi connectivity index (χ3n) is 4.52. The van der Waals surface area contributed by atoms with Crippen molar-refractivity contribution in [2.24, 2.45) is 0 Å². The number of methoxy groups -OCH3 is 1. The van der Waals surface area contributed by atoms with E-state index in [1.807, 2.05) is 37.3 Å². The summed E-state index contributed by atoms with van der Waals surface area (Å²) in [7, 11) is 1.28. The highest BCUT2D eigenvalue weighted by molar-refractivity contribution is 5.87. The van der Waals surface area contributed by atoms with Crippen molar-refractivity contribution < 1.29 is 19.1 Å². The zero-order chi connectivity index (χ0) is 24.2. The highest BCUT2D eigenvalue weighted by Crippen LogP contribution is 2.19. The minimum absolute atomic E-state index is 0.204. The Morgan fingerprint density at radius 3 is 2.59 bits per heavy atom. The number of benzene rings is 1. The first-order valence-electron chi connectivity index (χ1n) is 10.2. The third kappa shape index (κ3) is 9.12. The molecule has 0 saturated carbocycles. The predicted octanol–water partition coefficient (Wildman–Crippen LogP) is 3.38. The van der Waals surface area contributed by atoms with Gasteiger partial charge in [0, 0.05) is 29.7 Å². The van der Waals surface area contributed by atoms with E-state index in [0.717, 1.165) is 5.56 Å². The second-order valence-electron chi connectivity index (χ2n) is 8.03. The van der Waals surface area contributed by atoms with Crippen molar-refractivity contribution in [2.75, 3.05) is 19.5 Å². The van der Waals surface area contributed by atoms with Gasteiger partial charge in [0.15, 0.2) is 0 Å². The maximum atomic E-state index is 12.1. The second kappa shape index (κ2) is 12.4. The molecule has 6 nitrogen and oxygen atoms in total. The van der Waals surface area contributed by atoms with Crippen LogP contribution < -0.4 is 11.1 Å². The second-order valence-corrected chi connectivity index (χ2v) is 8.03. The highest BCUT2D eigenvalue weighted by atomic mass is 16.5. The molecule has 1 rings (SSSR count). The van der Waals surface area contributed by atoms with Crippen LogP contribution in [-0.2, 0) is 19.1 Å². The molecule has 0 fully saturated rings. The van der Waals surface area contributed by atoms with Gasteiger partial charge in [-0.3, -0.25) is 4.79 Å². The molecule has 0 heterocycles. The minimum Gasteiger partial charge on any atom is -0.467 e. The van der Waals surface area contributed by atoms with Gasteiger partial charge in [-0.1, -0.05) is 42.7 Å². The number of nitrogens with two attached hydrogens (primary N) is 1. The standard InChI is InChI=1S/C26H32N2O4/c1-7-17-26(5,18-11-10-14-23(29)28-25(3,4)24(30)31-6)32-19-20(2)15-16-21-12-8-9-13-22(21)27/h1,8-9,11-13,18H,2,10,14,17,19,27H2,3-6H3,(H,28,29)/b18-11-. The first-order chi connectivity index (χ1) is 15.0. The number of allylic oxidation sites excluding steroid dienone is 1. The summed E-state index contributed by atoms with van der Waals surface area (Å²) in [4.78, 5) is 23.8. The number of carbonyl (C=O) groups excluding carboxylic acids is 2. The summed E-state index contributed by atoms with van der Waals surface area (Å²) in [5.74, 6) is 7.79. The largest absolute Gasteiger partial charge is 0.467 e. The lowest BCUT2D eigenvalue weighted by Crippen LogP contribution is -2.50. The lowest BCUT2D eigenvalue weighted by Gasteiger charge is -2.24. The molecule has 0 bridgehead atoms. The number of para-hydroxylation sites is 1. The van der Waals surface area contributed by atoms with Crippen molar-refractivity contribution in [1.82, 2.24) is 5.32 Å². The average Bonchev–Trinajstić information content (AvgIpc) is 2.74. The van der Waals surface area contributed by atoms with E-state index in [-0.39, 0.29) is 18.9 Å². The quantitative estimate of drug-likeness (QED) is 0.254. The van der Waals surface area contributed by atoms with E-state index in [2.05, 4.69) is 34.4 Å². The molecule has 0 aliphatic rings. The van der Waals surface area contributed by atoms with Crippen LogP contribution in [0.5, 0.6) is 0 Å². The molecule has 0 aliphatic carbocycles. The molecule has 1 amide bonds. The molecule has 170 valence electrons. The van der Waals surface area contributed by atoms with Gasteiger partial charge in [0.1, 0.15) is 5.54 Å². The van der Waals surface area contributed by atoms with Crippen LogP contribution in [0.2, 0.25) is 0 Å². The Hall–Kier alpha value is -3.48. The maximum Gasteiger partial charge on any atom is 0.330 e. The first-order valence-corrected chi connectivity index (χ1v) is 10.2. The number of hydrogen-bond acceptors (Lipinski definition) is 5. The van der Waals surface area contributed by atoms with Crippen molar-refractivity contribution >= 4 is 17.6 Å². The Bertz CT molecular complexity index is 960. The maximum absolute atomic E-state index is 12.1. The van der Waals surface area contributed by atoms with Gasteiger partial charge in [0.2, 0.25) is 5.91 Å². The molecule has 1 aromatic carbocycles. The molecular formula is C26H32N2O4. The van der Waals surface area contributed by atoms with Crippen molar-refractivity contribution in [3.8, 4) is 24.2 Å². The number of rotatable bonds is 10. The Balaban J connectivity index is 2.62. The average molecular weight is 437 g/mol. The van der Waals surface area contributed by atoms with Crippen LogP contribution in [0, 0.1) is 24.2 Å². The molecule has 0 aromatic heterocycles. The molecule has 1 atom stereocenters. The summed E-state index contributed by atoms with van der Waals surface area (Å²) in [6.07, 6.45) is 10.2. The van der Waals surface area contributed by atoms with Crippen molar-refractivity contribution in [3.63, 3.8) is 0 Å². The summed E-state index contributed by atoms with van der Waals surface area (Å²) in [6.45, 7) is 9.18. The van der Waals surface area contributed by atoms with Gasteiger partial charge < -0.3 is 20.5 Å². The van der Waals surface area contributed by atoms with Crippen molar-refractivity contribution in [1.29, 1.82) is 0 Å². The van der Waals surface area contributed by atoms with Crippen LogP contribution in [0.25, 0.3) is 0 Å². The van der Waals surface area contributed by atoms with Gasteiger partial charge in [-0.05, 0) is 39.3 Å². The van der Waals surface area contributed by atoms with Crippen molar-refractivity contribution in [3.05, 3.63) is 54.1 Å². The van der Waals surface area contributed by atoms with E-state index in [1.165, 1.54) is 7.11 Å². The van der Waals surface area contributed by atoms with Crippen LogP contribution in [-0.4, -0.2) is 36.7 Å². The molecular weight excluding hydrogens is 404 g/mol. The number of hydrogen-bond donors (Lipinski definition) is 2. The number of esters is 1. The first kappa shape index (κ1) is 26.6. The summed E-state index contributed by atoms with van der Waals surface area (Å²) >= 11 is 0. The fraction of sp³-hybridized carbons (Fsp3) is 0.385. The number of ether oxygens (including phenoxy) is 2. The number of anilines is 1. The van der Waals surface area contributed by atoms with Crippen LogP contribution in [0.3, 0.4) is 0 Å². The van der Waals surface area contributed by atoms with Crippen LogP contribution in [0.1, 0.15) is 45.6 Å². The predicted molar refractivity (Wildman–Crippen MR) is 127 cm³/mol. The molecule has 0 aliphatic heterocycles. The zero-order valence-corrected chi connectivity index (χ0v) is 19.3. The zero-order valence-electron chi connectivity index (χ0n) is 19.3. The number of carbonyl (C=O) groups is 2. The normalized spacial score (nSPS) is 12.7. The number of amides is 1. The van der Waals surface area contributed by atoms with E-state index in [1.54, 1.807) is 19.9 Å². The lowest BCUT2D eigenvalue weighted by atomic mass is 10.0. The number of nitrogen functional groups attached to an aromatic ring is 1.